The van der Waals surface area contributed by atoms with Crippen LogP contribution in [0.4, 0.5) is 16.2 Å². The van der Waals surface area contributed by atoms with E-state index in [0.29, 0.717) is 16.3 Å². The first kappa shape index (κ1) is 21.8. The number of urea groups is 1. The van der Waals surface area contributed by atoms with Gasteiger partial charge < -0.3 is 4.90 Å². The number of aryl methyl sites for hydroxylation is 1. The number of halogens is 1. The highest BCUT2D eigenvalue weighted by Crippen LogP contribution is 2.41. The van der Waals surface area contributed by atoms with Crippen molar-refractivity contribution in [2.75, 3.05) is 16.8 Å². The van der Waals surface area contributed by atoms with Crippen molar-refractivity contribution < 1.29 is 14.4 Å². The minimum Gasteiger partial charge on any atom is -0.365 e. The largest absolute Gasteiger partial charge is 0.365 e. The predicted octanol–water partition coefficient (Wildman–Crippen LogP) is 4.95. The Morgan fingerprint density at radius 2 is 1.69 bits per heavy atom. The van der Waals surface area contributed by atoms with Gasteiger partial charge in [0.25, 0.3) is 11.8 Å². The van der Waals surface area contributed by atoms with Gasteiger partial charge in [0, 0.05) is 23.3 Å². The summed E-state index contributed by atoms with van der Waals surface area (Å²) in [5, 5.41) is 2.66. The van der Waals surface area contributed by atoms with Gasteiger partial charge >= 0.3 is 6.03 Å². The number of fused-ring (bicyclic) bond motifs is 1. The molecule has 0 unspecified atom stereocenters. The fourth-order valence-electron chi connectivity index (χ4n) is 4.04. The van der Waals surface area contributed by atoms with E-state index in [0.717, 1.165) is 27.3 Å². The Morgan fingerprint density at radius 3 is 2.34 bits per heavy atom. The highest BCUT2D eigenvalue weighted by atomic mass is 35.5. The molecule has 2 aromatic carbocycles. The maximum atomic E-state index is 13.2. The summed E-state index contributed by atoms with van der Waals surface area (Å²) in [5.74, 6) is -1.44. The molecule has 164 valence electrons. The van der Waals surface area contributed by atoms with E-state index in [1.54, 1.807) is 24.3 Å². The number of nitrogens with zero attached hydrogens (tertiary/aromatic N) is 2. The molecule has 0 spiro atoms. The molecule has 0 radical (unpaired) electrons. The number of hydrogen-bond donors (Lipinski definition) is 1. The van der Waals surface area contributed by atoms with Crippen LogP contribution in [0.1, 0.15) is 37.5 Å². The zero-order chi connectivity index (χ0) is 23.4. The lowest BCUT2D eigenvalue weighted by molar-refractivity contribution is -0.122. The predicted molar refractivity (Wildman–Crippen MR) is 128 cm³/mol. The first-order valence-corrected chi connectivity index (χ1v) is 10.6. The molecule has 4 rings (SSSR count). The van der Waals surface area contributed by atoms with Crippen molar-refractivity contribution in [3.05, 3.63) is 69.8 Å². The highest BCUT2D eigenvalue weighted by molar-refractivity contribution is 6.40. The number of imide groups is 2. The monoisotopic (exact) mass is 449 g/mol. The number of anilines is 2. The van der Waals surface area contributed by atoms with Gasteiger partial charge in [-0.2, -0.15) is 0 Å². The topological polar surface area (TPSA) is 69.7 Å². The van der Waals surface area contributed by atoms with Gasteiger partial charge in [0.05, 0.1) is 11.2 Å². The molecule has 2 aromatic rings. The van der Waals surface area contributed by atoms with Crippen molar-refractivity contribution in [2.24, 2.45) is 0 Å². The fourth-order valence-corrected chi connectivity index (χ4v) is 4.25. The van der Waals surface area contributed by atoms with Gasteiger partial charge in [-0.25, -0.2) is 9.69 Å². The first-order valence-electron chi connectivity index (χ1n) is 10.2. The van der Waals surface area contributed by atoms with Gasteiger partial charge in [-0.3, -0.25) is 14.9 Å². The number of nitrogens with one attached hydrogen (secondary N) is 1. The number of likely N-dealkylation sites (N-methyl/N-ethyl adjacent to an activating group) is 1. The molecule has 1 fully saturated rings. The summed E-state index contributed by atoms with van der Waals surface area (Å²) in [5.41, 5.74) is 4.60. The molecule has 0 aliphatic carbocycles. The van der Waals surface area contributed by atoms with E-state index in [-0.39, 0.29) is 11.1 Å². The van der Waals surface area contributed by atoms with E-state index in [4.69, 9.17) is 11.6 Å². The second kappa shape index (κ2) is 7.64. The van der Waals surface area contributed by atoms with Crippen molar-refractivity contribution in [3.63, 3.8) is 0 Å². The van der Waals surface area contributed by atoms with E-state index >= 15 is 0 Å². The molecule has 1 N–H and O–H groups in total. The van der Waals surface area contributed by atoms with E-state index < -0.39 is 17.8 Å². The Balaban J connectivity index is 1.78. The lowest BCUT2D eigenvalue weighted by Crippen LogP contribution is -2.54. The Kier molecular flexibility index (Phi) is 5.21. The quantitative estimate of drug-likeness (QED) is 0.520. The van der Waals surface area contributed by atoms with E-state index in [1.807, 2.05) is 33.0 Å². The molecule has 0 atom stereocenters. The summed E-state index contributed by atoms with van der Waals surface area (Å²) in [6.07, 6.45) is 3.61. The molecule has 7 heteroatoms. The SMILES string of the molecule is CC1=CC(C)(C)N(C)c2cc(Cl)c(/C=C3\C(=O)NC(=O)N(c4ccc(C)cc4)C3=O)cc21. The number of barbiturate groups is 1. The van der Waals surface area contributed by atoms with Crippen molar-refractivity contribution >= 4 is 52.5 Å². The van der Waals surface area contributed by atoms with Gasteiger partial charge in [0.1, 0.15) is 5.57 Å². The average molecular weight is 450 g/mol. The molecular weight excluding hydrogens is 426 g/mol. The Bertz CT molecular complexity index is 1230. The summed E-state index contributed by atoms with van der Waals surface area (Å²) in [7, 11) is 2.00. The summed E-state index contributed by atoms with van der Waals surface area (Å²) in [6.45, 7) is 8.16. The van der Waals surface area contributed by atoms with Crippen LogP contribution in [0.5, 0.6) is 0 Å². The third kappa shape index (κ3) is 3.60. The fraction of sp³-hybridized carbons (Fsp3) is 0.240. The molecule has 2 aliphatic heterocycles. The Morgan fingerprint density at radius 1 is 1.03 bits per heavy atom. The molecule has 6 nitrogen and oxygen atoms in total. The Hall–Kier alpha value is -3.38. The summed E-state index contributed by atoms with van der Waals surface area (Å²) in [4.78, 5) is 41.2. The third-order valence-electron chi connectivity index (χ3n) is 6.03. The third-order valence-corrected chi connectivity index (χ3v) is 6.36. The number of amides is 4. The maximum Gasteiger partial charge on any atom is 0.335 e. The summed E-state index contributed by atoms with van der Waals surface area (Å²) < 4.78 is 0. The molecule has 0 saturated carbocycles. The maximum absolute atomic E-state index is 13.2. The number of rotatable bonds is 2. The van der Waals surface area contributed by atoms with Crippen molar-refractivity contribution in [1.29, 1.82) is 0 Å². The minimum absolute atomic E-state index is 0.154. The molecular formula is C25H24ClN3O3. The molecule has 4 amide bonds. The first-order chi connectivity index (χ1) is 15.0. The zero-order valence-electron chi connectivity index (χ0n) is 18.6. The van der Waals surface area contributed by atoms with Crippen LogP contribution in [0.25, 0.3) is 11.6 Å². The number of benzene rings is 2. The number of allylic oxidation sites excluding steroid dienone is 1. The molecule has 0 aromatic heterocycles. The number of carbonyl (C=O) groups is 3. The zero-order valence-corrected chi connectivity index (χ0v) is 19.4. The second-order valence-electron chi connectivity index (χ2n) is 8.72. The second-order valence-corrected chi connectivity index (χ2v) is 9.13. The van der Waals surface area contributed by atoms with Crippen LogP contribution < -0.4 is 15.1 Å². The lowest BCUT2D eigenvalue weighted by Gasteiger charge is -2.40. The van der Waals surface area contributed by atoms with Crippen molar-refractivity contribution in [2.45, 2.75) is 33.2 Å². The van der Waals surface area contributed by atoms with Gasteiger partial charge in [-0.1, -0.05) is 35.4 Å². The van der Waals surface area contributed by atoms with E-state index in [2.05, 4.69) is 30.1 Å². The molecule has 32 heavy (non-hydrogen) atoms. The molecule has 1 saturated heterocycles. The lowest BCUT2D eigenvalue weighted by atomic mass is 9.88. The van der Waals surface area contributed by atoms with Crippen LogP contribution in [-0.4, -0.2) is 30.4 Å². The van der Waals surface area contributed by atoms with Gasteiger partial charge in [-0.05, 0) is 69.2 Å². The average Bonchev–Trinajstić information content (AvgIpc) is 2.71. The highest BCUT2D eigenvalue weighted by Gasteiger charge is 2.37. The van der Waals surface area contributed by atoms with Crippen LogP contribution >= 0.6 is 11.6 Å². The van der Waals surface area contributed by atoms with Crippen LogP contribution in [0.2, 0.25) is 5.02 Å². The molecule has 2 heterocycles. The van der Waals surface area contributed by atoms with Crippen LogP contribution in [-0.2, 0) is 9.59 Å². The van der Waals surface area contributed by atoms with Gasteiger partial charge in [-0.15, -0.1) is 0 Å². The van der Waals surface area contributed by atoms with E-state index in [1.165, 1.54) is 6.08 Å². The van der Waals surface area contributed by atoms with Gasteiger partial charge in [0.15, 0.2) is 0 Å². The van der Waals surface area contributed by atoms with Crippen molar-refractivity contribution in [3.8, 4) is 0 Å². The minimum atomic E-state index is -0.778. The molecule has 0 bridgehead atoms. The van der Waals surface area contributed by atoms with Crippen LogP contribution in [0, 0.1) is 6.92 Å². The summed E-state index contributed by atoms with van der Waals surface area (Å²) in [6, 6.07) is 9.85. The van der Waals surface area contributed by atoms with Crippen LogP contribution in [0.15, 0.2) is 48.0 Å². The normalized spacial score (nSPS) is 19.1. The smallest absolute Gasteiger partial charge is 0.335 e. The van der Waals surface area contributed by atoms with Crippen LogP contribution in [0.3, 0.4) is 0 Å². The number of hydrogen-bond acceptors (Lipinski definition) is 4. The van der Waals surface area contributed by atoms with E-state index in [9.17, 15) is 14.4 Å². The Labute approximate surface area is 192 Å². The van der Waals surface area contributed by atoms with Gasteiger partial charge in [0.2, 0.25) is 0 Å². The number of carbonyl (C=O) groups excluding carboxylic acids is 3. The van der Waals surface area contributed by atoms with Crippen molar-refractivity contribution in [1.82, 2.24) is 5.32 Å². The standard InChI is InChI=1S/C25H24ClN3O3/c1-14-6-8-17(9-7-14)29-23(31)19(22(30)27-24(29)32)11-16-10-18-15(2)13-25(3,4)28(5)21(18)12-20(16)26/h6-13H,1-5H3,(H,27,30,32)/b19-11+. The molecule has 2 aliphatic rings. The summed E-state index contributed by atoms with van der Waals surface area (Å²) >= 11 is 6.57.